The third-order valence-corrected chi connectivity index (χ3v) is 6.95. The van der Waals surface area contributed by atoms with Crippen molar-refractivity contribution in [3.63, 3.8) is 0 Å². The number of hydrogen-bond acceptors (Lipinski definition) is 5. The number of nitrogens with one attached hydrogen (secondary N) is 2. The number of rotatable bonds is 8. The first kappa shape index (κ1) is 26.6. The average molecular weight is 564 g/mol. The summed E-state index contributed by atoms with van der Waals surface area (Å²) in [6, 6.07) is 19.8. The summed E-state index contributed by atoms with van der Waals surface area (Å²) in [4.78, 5) is 22.9. The van der Waals surface area contributed by atoms with Gasteiger partial charge in [0.25, 0.3) is 0 Å². The minimum absolute atomic E-state index is 0.0743. The Labute approximate surface area is 235 Å². The molecule has 1 aliphatic rings. The molecule has 10 heteroatoms. The Morgan fingerprint density at radius 3 is 2.54 bits per heavy atom. The van der Waals surface area contributed by atoms with Crippen LogP contribution in [0.25, 0.3) is 10.9 Å². The minimum atomic E-state index is -0.451. The predicted molar refractivity (Wildman–Crippen MR) is 155 cm³/mol. The zero-order valence-corrected chi connectivity index (χ0v) is 22.5. The molecule has 1 atom stereocenters. The Hall–Kier alpha value is -4.01. The van der Waals surface area contributed by atoms with Crippen molar-refractivity contribution in [2.45, 2.75) is 18.9 Å². The third-order valence-electron chi connectivity index (χ3n) is 6.47. The highest BCUT2D eigenvalue weighted by molar-refractivity contribution is 6.31. The minimum Gasteiger partial charge on any atom is -0.492 e. The van der Waals surface area contributed by atoms with Gasteiger partial charge in [0, 0.05) is 45.8 Å². The number of hydrogen-bond donors (Lipinski definition) is 3. The molecule has 4 N–H and O–H groups in total. The molecule has 0 fully saturated rings. The second-order valence-electron chi connectivity index (χ2n) is 9.11. The summed E-state index contributed by atoms with van der Waals surface area (Å²) in [5, 5.41) is 9.50. The normalized spacial score (nSPS) is 14.9. The van der Waals surface area contributed by atoms with E-state index < -0.39 is 12.1 Å². The molecule has 1 amide bonds. The number of benzene rings is 3. The molecular formula is C29H27Cl2N5O3. The number of aromatic nitrogens is 1. The van der Waals surface area contributed by atoms with Crippen molar-refractivity contribution in [3.8, 4) is 11.5 Å². The first-order chi connectivity index (χ1) is 18.9. The van der Waals surface area contributed by atoms with E-state index in [1.165, 1.54) is 0 Å². The Morgan fingerprint density at radius 2 is 1.79 bits per heavy atom. The summed E-state index contributed by atoms with van der Waals surface area (Å²) in [6.07, 6.45) is 2.15. The summed E-state index contributed by atoms with van der Waals surface area (Å²) < 4.78 is 11.5. The van der Waals surface area contributed by atoms with Crippen LogP contribution in [0.1, 0.15) is 29.3 Å². The monoisotopic (exact) mass is 563 g/mol. The van der Waals surface area contributed by atoms with E-state index in [9.17, 15) is 4.79 Å². The van der Waals surface area contributed by atoms with Crippen LogP contribution in [0.2, 0.25) is 10.0 Å². The molecule has 1 aliphatic heterocycles. The molecule has 200 valence electrons. The zero-order chi connectivity index (χ0) is 27.4. The molecule has 4 aromatic rings. The molecule has 0 bridgehead atoms. The highest BCUT2D eigenvalue weighted by Gasteiger charge is 2.35. The number of amides is 1. The van der Waals surface area contributed by atoms with Crippen molar-refractivity contribution in [2.75, 3.05) is 19.7 Å². The first-order valence-electron chi connectivity index (χ1n) is 12.5. The van der Waals surface area contributed by atoms with E-state index in [-0.39, 0.29) is 5.84 Å². The molecule has 0 radical (unpaired) electrons. The lowest BCUT2D eigenvalue weighted by Gasteiger charge is -2.35. The Balaban J connectivity index is 1.40. The second kappa shape index (κ2) is 11.8. The molecule has 39 heavy (non-hydrogen) atoms. The topological polar surface area (TPSA) is 117 Å². The van der Waals surface area contributed by atoms with Crippen LogP contribution < -0.4 is 15.2 Å². The van der Waals surface area contributed by atoms with Gasteiger partial charge in [-0.15, -0.1) is 0 Å². The first-order valence-corrected chi connectivity index (χ1v) is 13.2. The molecule has 5 rings (SSSR count). The van der Waals surface area contributed by atoms with E-state index in [0.29, 0.717) is 54.1 Å². The van der Waals surface area contributed by atoms with E-state index in [1.54, 1.807) is 35.4 Å². The second-order valence-corrected chi connectivity index (χ2v) is 9.98. The maximum absolute atomic E-state index is 13.4. The number of halogens is 2. The van der Waals surface area contributed by atoms with Gasteiger partial charge in [-0.25, -0.2) is 4.79 Å². The SMILES string of the molecule is N=C(N)CC=NCCOc1ccc(C2c3[nH]c4ccc(Cl)cc4c3CCN2C(=O)Oc2ccc(Cl)cc2)cc1. The maximum Gasteiger partial charge on any atom is 0.416 e. The number of nitrogens with two attached hydrogens (primary N) is 1. The number of nitrogens with zero attached hydrogens (tertiary/aromatic N) is 2. The molecule has 0 saturated carbocycles. The Morgan fingerprint density at radius 1 is 1.08 bits per heavy atom. The largest absolute Gasteiger partial charge is 0.492 e. The van der Waals surface area contributed by atoms with Crippen molar-refractivity contribution in [2.24, 2.45) is 10.7 Å². The van der Waals surface area contributed by atoms with Crippen LogP contribution in [0.5, 0.6) is 11.5 Å². The fourth-order valence-electron chi connectivity index (χ4n) is 4.68. The summed E-state index contributed by atoms with van der Waals surface area (Å²) in [5.74, 6) is 1.19. The standard InChI is InChI=1S/C29H27Cl2N5O3/c30-19-3-8-22(9-4-19)39-29(37)36-15-12-23-24-17-20(31)5-10-25(24)35-27(23)28(36)18-1-6-21(7-2-18)38-16-14-34-13-11-26(32)33/h1-10,13,17,28,35H,11-12,14-16H2,(H3,32,33). The number of aromatic amines is 1. The van der Waals surface area contributed by atoms with Gasteiger partial charge in [-0.3, -0.25) is 15.3 Å². The average Bonchev–Trinajstić information content (AvgIpc) is 3.29. The number of carbonyl (C=O) groups is 1. The van der Waals surface area contributed by atoms with Crippen LogP contribution in [0.4, 0.5) is 4.79 Å². The fourth-order valence-corrected chi connectivity index (χ4v) is 4.98. The van der Waals surface area contributed by atoms with E-state index in [1.807, 2.05) is 42.5 Å². The predicted octanol–water partition coefficient (Wildman–Crippen LogP) is 6.40. The van der Waals surface area contributed by atoms with Crippen molar-refractivity contribution < 1.29 is 14.3 Å². The highest BCUT2D eigenvalue weighted by atomic mass is 35.5. The number of aliphatic imine (C=N–C) groups is 1. The lowest BCUT2D eigenvalue weighted by atomic mass is 9.92. The highest BCUT2D eigenvalue weighted by Crippen LogP contribution is 2.40. The Bertz CT molecular complexity index is 1520. The summed E-state index contributed by atoms with van der Waals surface area (Å²) in [7, 11) is 0. The van der Waals surface area contributed by atoms with E-state index >= 15 is 0 Å². The smallest absolute Gasteiger partial charge is 0.416 e. The van der Waals surface area contributed by atoms with Crippen LogP contribution in [0, 0.1) is 5.41 Å². The van der Waals surface area contributed by atoms with Crippen LogP contribution in [0.15, 0.2) is 71.7 Å². The van der Waals surface area contributed by atoms with Crippen LogP contribution in [-0.4, -0.2) is 47.7 Å². The number of carbonyl (C=O) groups excluding carboxylic acids is 1. The molecule has 0 spiro atoms. The number of ether oxygens (including phenoxy) is 2. The van der Waals surface area contributed by atoms with Gasteiger partial charge < -0.3 is 20.2 Å². The van der Waals surface area contributed by atoms with E-state index in [0.717, 1.165) is 27.7 Å². The van der Waals surface area contributed by atoms with Gasteiger partial charge in [0.15, 0.2) is 0 Å². The summed E-state index contributed by atoms with van der Waals surface area (Å²) in [5.41, 5.74) is 9.26. The van der Waals surface area contributed by atoms with Gasteiger partial charge in [0.1, 0.15) is 24.1 Å². The molecule has 8 nitrogen and oxygen atoms in total. The number of H-pyrrole nitrogens is 1. The molecule has 1 unspecified atom stereocenters. The van der Waals surface area contributed by atoms with Gasteiger partial charge in [-0.2, -0.15) is 0 Å². The van der Waals surface area contributed by atoms with Crippen LogP contribution in [-0.2, 0) is 6.42 Å². The van der Waals surface area contributed by atoms with Crippen molar-refractivity contribution in [3.05, 3.63) is 93.6 Å². The quantitative estimate of drug-likeness (QED) is 0.131. The van der Waals surface area contributed by atoms with Gasteiger partial charge in [0.2, 0.25) is 0 Å². The third kappa shape index (κ3) is 6.19. The van der Waals surface area contributed by atoms with E-state index in [4.69, 9.17) is 43.8 Å². The van der Waals surface area contributed by atoms with Crippen molar-refractivity contribution >= 4 is 52.2 Å². The summed E-state index contributed by atoms with van der Waals surface area (Å²) in [6.45, 7) is 1.33. The van der Waals surface area contributed by atoms with Crippen molar-refractivity contribution in [1.29, 1.82) is 5.41 Å². The Kier molecular flexibility index (Phi) is 8.05. The van der Waals surface area contributed by atoms with Gasteiger partial charge in [0.05, 0.1) is 12.4 Å². The molecule has 1 aromatic heterocycles. The van der Waals surface area contributed by atoms with Gasteiger partial charge >= 0.3 is 6.09 Å². The van der Waals surface area contributed by atoms with Crippen molar-refractivity contribution in [1.82, 2.24) is 9.88 Å². The lowest BCUT2D eigenvalue weighted by molar-refractivity contribution is 0.135. The summed E-state index contributed by atoms with van der Waals surface area (Å²) >= 11 is 12.3. The lowest BCUT2D eigenvalue weighted by Crippen LogP contribution is -2.42. The fraction of sp³-hybridized carbons (Fsp3) is 0.207. The number of fused-ring (bicyclic) bond motifs is 3. The number of amidine groups is 1. The molecule has 3 aromatic carbocycles. The van der Waals surface area contributed by atoms with Crippen LogP contribution in [0.3, 0.4) is 0 Å². The molecule has 0 saturated heterocycles. The van der Waals surface area contributed by atoms with E-state index in [2.05, 4.69) is 9.98 Å². The molecule has 2 heterocycles. The molecular weight excluding hydrogens is 537 g/mol. The maximum atomic E-state index is 13.4. The zero-order valence-electron chi connectivity index (χ0n) is 21.0. The molecule has 0 aliphatic carbocycles. The van der Waals surface area contributed by atoms with Crippen LogP contribution >= 0.6 is 23.2 Å². The van der Waals surface area contributed by atoms with Gasteiger partial charge in [-0.05, 0) is 72.1 Å². The van der Waals surface area contributed by atoms with Gasteiger partial charge in [-0.1, -0.05) is 35.3 Å².